The van der Waals surface area contributed by atoms with Crippen molar-refractivity contribution < 1.29 is 0 Å². The first-order valence-corrected chi connectivity index (χ1v) is 4.09. The molecule has 0 fully saturated rings. The molecule has 0 saturated heterocycles. The van der Waals surface area contributed by atoms with E-state index in [1.54, 1.807) is 0 Å². The van der Waals surface area contributed by atoms with E-state index in [0.717, 1.165) is 12.1 Å². The largest absolute Gasteiger partial charge is 0.375 e. The van der Waals surface area contributed by atoms with Gasteiger partial charge < -0.3 is 5.73 Å². The molecule has 4 heteroatoms. The normalized spacial score (nSPS) is 10.9. The third-order valence-corrected chi connectivity index (χ3v) is 1.89. The molecule has 2 nitrogen and oxygen atoms in total. The fraction of sp³-hybridized carbons (Fsp3) is 0.167. The molecule has 0 bridgehead atoms. The molecule has 1 rings (SSSR count). The molecule has 0 aliphatic rings. The van der Waals surface area contributed by atoms with E-state index in [9.17, 15) is 0 Å². The Balaban J connectivity index is 2.58. The summed E-state index contributed by atoms with van der Waals surface area (Å²) in [7, 11) is 0. The summed E-state index contributed by atoms with van der Waals surface area (Å²) in [5, 5.41) is 2.53. The second kappa shape index (κ2) is 3.58. The van der Waals surface area contributed by atoms with Crippen molar-refractivity contribution in [2.75, 3.05) is 5.73 Å². The van der Waals surface area contributed by atoms with Crippen molar-refractivity contribution in [2.45, 2.75) is 6.42 Å². The lowest BCUT2D eigenvalue weighted by Gasteiger charge is -1.82. The molecule has 0 aliphatic heterocycles. The highest BCUT2D eigenvalue weighted by Gasteiger charge is 1.93. The van der Waals surface area contributed by atoms with Crippen molar-refractivity contribution >= 4 is 28.1 Å². The molecule has 2 N–H and O–H groups in total. The van der Waals surface area contributed by atoms with Crippen molar-refractivity contribution in [2.24, 2.45) is 0 Å². The van der Waals surface area contributed by atoms with Gasteiger partial charge in [0, 0.05) is 17.3 Å². The van der Waals surface area contributed by atoms with Gasteiger partial charge in [0.1, 0.15) is 0 Å². The van der Waals surface area contributed by atoms with Crippen LogP contribution >= 0.6 is 22.9 Å². The maximum absolute atomic E-state index is 5.40. The molecular weight excluding hydrogens is 168 g/mol. The molecule has 0 atom stereocenters. The first kappa shape index (κ1) is 7.57. The zero-order valence-electron chi connectivity index (χ0n) is 5.25. The average Bonchev–Trinajstić information content (AvgIpc) is 2.31. The number of halogens is 1. The fourth-order valence-electron chi connectivity index (χ4n) is 0.582. The number of nitrogens with zero attached hydrogens (tertiary/aromatic N) is 1. The van der Waals surface area contributed by atoms with Crippen LogP contribution in [-0.2, 0) is 6.42 Å². The maximum Gasteiger partial charge on any atom is 0.180 e. The van der Waals surface area contributed by atoms with Crippen molar-refractivity contribution in [1.29, 1.82) is 0 Å². The van der Waals surface area contributed by atoms with Crippen LogP contribution < -0.4 is 5.73 Å². The zero-order chi connectivity index (χ0) is 7.40. The Kier molecular flexibility index (Phi) is 2.71. The van der Waals surface area contributed by atoms with Gasteiger partial charge in [-0.1, -0.05) is 17.7 Å². The second-order valence-electron chi connectivity index (χ2n) is 1.74. The van der Waals surface area contributed by atoms with E-state index >= 15 is 0 Å². The van der Waals surface area contributed by atoms with E-state index in [2.05, 4.69) is 4.98 Å². The molecular formula is C6H7ClN2S. The number of hydrogen-bond donors (Lipinski definition) is 1. The number of rotatable bonds is 2. The Morgan fingerprint density at radius 2 is 2.60 bits per heavy atom. The highest BCUT2D eigenvalue weighted by molar-refractivity contribution is 7.13. The summed E-state index contributed by atoms with van der Waals surface area (Å²) >= 11 is 6.77. The number of nitrogens with two attached hydrogens (primary N) is 1. The molecule has 1 heterocycles. The first-order valence-electron chi connectivity index (χ1n) is 2.78. The SMILES string of the molecule is Nc1nc(CC=CCl)cs1. The van der Waals surface area contributed by atoms with Gasteiger partial charge in [-0.2, -0.15) is 0 Å². The number of allylic oxidation sites excluding steroid dienone is 1. The Morgan fingerprint density at radius 3 is 3.10 bits per heavy atom. The molecule has 0 unspecified atom stereocenters. The van der Waals surface area contributed by atoms with Crippen LogP contribution in [0.1, 0.15) is 5.69 Å². The summed E-state index contributed by atoms with van der Waals surface area (Å²) in [5.41, 5.74) is 7.85. The molecule has 1 aromatic heterocycles. The van der Waals surface area contributed by atoms with E-state index in [4.69, 9.17) is 17.3 Å². The first-order chi connectivity index (χ1) is 4.83. The molecule has 0 aliphatic carbocycles. The lowest BCUT2D eigenvalue weighted by molar-refractivity contribution is 1.16. The Bertz CT molecular complexity index is 231. The highest BCUT2D eigenvalue weighted by Crippen LogP contribution is 2.11. The minimum absolute atomic E-state index is 0.609. The van der Waals surface area contributed by atoms with E-state index in [-0.39, 0.29) is 0 Å². The van der Waals surface area contributed by atoms with Gasteiger partial charge in [0.2, 0.25) is 0 Å². The summed E-state index contributed by atoms with van der Waals surface area (Å²) in [4.78, 5) is 4.03. The Morgan fingerprint density at radius 1 is 1.80 bits per heavy atom. The monoisotopic (exact) mass is 174 g/mol. The Labute approximate surface area is 68.3 Å². The van der Waals surface area contributed by atoms with Gasteiger partial charge in [-0.25, -0.2) is 4.98 Å². The van der Waals surface area contributed by atoms with Crippen LogP contribution in [0.3, 0.4) is 0 Å². The molecule has 0 radical (unpaired) electrons. The molecule has 10 heavy (non-hydrogen) atoms. The number of nitrogen functional groups attached to an aromatic ring is 1. The lowest BCUT2D eigenvalue weighted by atomic mass is 10.3. The van der Waals surface area contributed by atoms with Crippen molar-refractivity contribution in [3.8, 4) is 0 Å². The minimum atomic E-state index is 0.609. The molecule has 0 amide bonds. The fourth-order valence-corrected chi connectivity index (χ4v) is 1.25. The van der Waals surface area contributed by atoms with Crippen LogP contribution in [0.5, 0.6) is 0 Å². The highest BCUT2D eigenvalue weighted by atomic mass is 35.5. The zero-order valence-corrected chi connectivity index (χ0v) is 6.82. The number of anilines is 1. The topological polar surface area (TPSA) is 38.9 Å². The maximum atomic E-state index is 5.40. The van der Waals surface area contributed by atoms with Gasteiger partial charge in [-0.05, 0) is 0 Å². The predicted molar refractivity (Wildman–Crippen MR) is 45.2 cm³/mol. The summed E-state index contributed by atoms with van der Waals surface area (Å²) in [6, 6.07) is 0. The average molecular weight is 175 g/mol. The third kappa shape index (κ3) is 2.01. The van der Waals surface area contributed by atoms with Gasteiger partial charge >= 0.3 is 0 Å². The van der Waals surface area contributed by atoms with Gasteiger partial charge in [-0.15, -0.1) is 11.3 Å². The third-order valence-electron chi connectivity index (χ3n) is 0.986. The molecule has 1 aromatic rings. The minimum Gasteiger partial charge on any atom is -0.375 e. The summed E-state index contributed by atoms with van der Waals surface area (Å²) in [6.45, 7) is 0. The van der Waals surface area contributed by atoms with Crippen LogP contribution in [-0.4, -0.2) is 4.98 Å². The van der Waals surface area contributed by atoms with Crippen LogP contribution in [0.2, 0.25) is 0 Å². The van der Waals surface area contributed by atoms with E-state index in [1.165, 1.54) is 16.9 Å². The second-order valence-corrected chi connectivity index (χ2v) is 2.88. The summed E-state index contributed by atoms with van der Waals surface area (Å²) in [5.74, 6) is 0. The molecule has 0 saturated carbocycles. The van der Waals surface area contributed by atoms with Gasteiger partial charge in [0.15, 0.2) is 5.13 Å². The number of aromatic nitrogens is 1. The van der Waals surface area contributed by atoms with Gasteiger partial charge in [0.05, 0.1) is 5.69 Å². The van der Waals surface area contributed by atoms with Gasteiger partial charge in [0.25, 0.3) is 0 Å². The van der Waals surface area contributed by atoms with Crippen LogP contribution in [0.15, 0.2) is 17.0 Å². The van der Waals surface area contributed by atoms with Crippen LogP contribution in [0.25, 0.3) is 0 Å². The van der Waals surface area contributed by atoms with Gasteiger partial charge in [-0.3, -0.25) is 0 Å². The standard InChI is InChI=1S/C6H7ClN2S/c7-3-1-2-5-4-10-6(8)9-5/h1,3-4H,2H2,(H2,8,9). The van der Waals surface area contributed by atoms with Crippen molar-refractivity contribution in [1.82, 2.24) is 4.98 Å². The predicted octanol–water partition coefficient (Wildman–Crippen LogP) is 2.02. The summed E-state index contributed by atoms with van der Waals surface area (Å²) < 4.78 is 0. The number of hydrogen-bond acceptors (Lipinski definition) is 3. The molecule has 0 spiro atoms. The Hall–Kier alpha value is -0.540. The summed E-state index contributed by atoms with van der Waals surface area (Å²) in [6.07, 6.45) is 2.59. The van der Waals surface area contributed by atoms with E-state index < -0.39 is 0 Å². The van der Waals surface area contributed by atoms with E-state index in [1.807, 2.05) is 11.5 Å². The van der Waals surface area contributed by atoms with E-state index in [0.29, 0.717) is 5.13 Å². The molecule has 54 valence electrons. The number of thiazole rings is 1. The van der Waals surface area contributed by atoms with Crippen molar-refractivity contribution in [3.63, 3.8) is 0 Å². The van der Waals surface area contributed by atoms with Crippen molar-refractivity contribution in [3.05, 3.63) is 22.7 Å². The lowest BCUT2D eigenvalue weighted by Crippen LogP contribution is -1.84. The van der Waals surface area contributed by atoms with Crippen LogP contribution in [0.4, 0.5) is 5.13 Å². The quantitative estimate of drug-likeness (QED) is 0.745. The smallest absolute Gasteiger partial charge is 0.180 e. The molecule has 0 aromatic carbocycles. The van der Waals surface area contributed by atoms with Crippen LogP contribution in [0, 0.1) is 0 Å².